The van der Waals surface area contributed by atoms with Crippen LogP contribution in [0.15, 0.2) is 30.6 Å². The largest absolute Gasteiger partial charge is 0.489 e. The van der Waals surface area contributed by atoms with E-state index in [2.05, 4.69) is 10.1 Å². The van der Waals surface area contributed by atoms with E-state index in [-0.39, 0.29) is 29.7 Å². The van der Waals surface area contributed by atoms with Gasteiger partial charge in [-0.15, -0.1) is 0 Å². The number of hydrogen-bond acceptors (Lipinski definition) is 4. The van der Waals surface area contributed by atoms with Gasteiger partial charge in [0.2, 0.25) is 0 Å². The van der Waals surface area contributed by atoms with Gasteiger partial charge in [-0.2, -0.15) is 5.10 Å². The normalized spacial score (nSPS) is 19.3. The van der Waals surface area contributed by atoms with Crippen molar-refractivity contribution in [2.45, 2.75) is 57.7 Å². The Morgan fingerprint density at radius 1 is 1.12 bits per heavy atom. The molecule has 1 amide bonds. The number of carbonyl (C=O) groups is 1. The van der Waals surface area contributed by atoms with Crippen LogP contribution in [0.3, 0.4) is 0 Å². The molecule has 1 aromatic carbocycles. The summed E-state index contributed by atoms with van der Waals surface area (Å²) in [6.07, 6.45) is 6.05. The molecule has 4 heterocycles. The number of halogens is 3. The van der Waals surface area contributed by atoms with Crippen molar-refractivity contribution >= 4 is 5.91 Å². The van der Waals surface area contributed by atoms with Crippen LogP contribution in [0.2, 0.25) is 0 Å². The summed E-state index contributed by atoms with van der Waals surface area (Å²) in [5.41, 5.74) is 2.78. The summed E-state index contributed by atoms with van der Waals surface area (Å²) < 4.78 is 48.8. The quantitative estimate of drug-likeness (QED) is 0.505. The monoisotopic (exact) mass is 470 g/mol. The molecule has 0 N–H and O–H groups in total. The fraction of sp³-hybridized carbons (Fsp3) is 0.400. The zero-order valence-corrected chi connectivity index (χ0v) is 19.2. The van der Waals surface area contributed by atoms with Crippen molar-refractivity contribution in [3.05, 3.63) is 64.9 Å². The van der Waals surface area contributed by atoms with Crippen molar-refractivity contribution in [2.75, 3.05) is 0 Å². The van der Waals surface area contributed by atoms with Gasteiger partial charge in [-0.05, 0) is 57.7 Å². The first-order valence-corrected chi connectivity index (χ1v) is 11.4. The highest BCUT2D eigenvalue weighted by Crippen LogP contribution is 2.45. The average Bonchev–Trinajstić information content (AvgIpc) is 3.11. The third kappa shape index (κ3) is 3.73. The number of amides is 1. The van der Waals surface area contributed by atoms with Crippen LogP contribution in [0.1, 0.15) is 60.8 Å². The van der Waals surface area contributed by atoms with Crippen molar-refractivity contribution in [3.8, 4) is 17.0 Å². The number of hydrogen-bond donors (Lipinski definition) is 0. The maximum absolute atomic E-state index is 14.0. The highest BCUT2D eigenvalue weighted by molar-refractivity contribution is 5.95. The number of nitrogens with zero attached hydrogens (tertiary/aromatic N) is 4. The number of benzene rings is 1. The van der Waals surface area contributed by atoms with E-state index in [0.717, 1.165) is 42.7 Å². The Morgan fingerprint density at radius 2 is 1.85 bits per heavy atom. The van der Waals surface area contributed by atoms with Crippen LogP contribution in [0.5, 0.6) is 5.75 Å². The predicted octanol–water partition coefficient (Wildman–Crippen LogP) is 4.98. The number of piperidine rings is 1. The van der Waals surface area contributed by atoms with Crippen molar-refractivity contribution in [2.24, 2.45) is 7.05 Å². The molecule has 0 radical (unpaired) electrons. The van der Waals surface area contributed by atoms with Crippen molar-refractivity contribution in [3.63, 3.8) is 0 Å². The van der Waals surface area contributed by atoms with E-state index in [1.165, 1.54) is 6.20 Å². The number of carbonyl (C=O) groups excluding carboxylic acids is 1. The van der Waals surface area contributed by atoms with Gasteiger partial charge in [0, 0.05) is 30.4 Å². The molecule has 1 saturated heterocycles. The van der Waals surface area contributed by atoms with Gasteiger partial charge < -0.3 is 9.64 Å². The molecule has 5 rings (SSSR count). The van der Waals surface area contributed by atoms with E-state index >= 15 is 0 Å². The first-order valence-electron chi connectivity index (χ1n) is 11.4. The fourth-order valence-electron chi connectivity index (χ4n) is 5.22. The van der Waals surface area contributed by atoms with Gasteiger partial charge in [-0.3, -0.25) is 14.5 Å². The predicted molar refractivity (Wildman–Crippen MR) is 119 cm³/mol. The third-order valence-electron chi connectivity index (χ3n) is 6.50. The lowest BCUT2D eigenvalue weighted by molar-refractivity contribution is 0.0391. The minimum Gasteiger partial charge on any atom is -0.489 e. The third-order valence-corrected chi connectivity index (χ3v) is 6.50. The van der Waals surface area contributed by atoms with Crippen LogP contribution >= 0.6 is 0 Å². The van der Waals surface area contributed by atoms with Gasteiger partial charge in [-0.1, -0.05) is 0 Å². The molecule has 0 spiro atoms. The van der Waals surface area contributed by atoms with E-state index in [4.69, 9.17) is 4.74 Å². The number of ether oxygens (including phenoxy) is 1. The second-order valence-corrected chi connectivity index (χ2v) is 9.18. The molecule has 178 valence electrons. The Morgan fingerprint density at radius 3 is 2.56 bits per heavy atom. The van der Waals surface area contributed by atoms with Crippen LogP contribution in [0, 0.1) is 17.5 Å². The van der Waals surface area contributed by atoms with Crippen molar-refractivity contribution in [1.29, 1.82) is 0 Å². The van der Waals surface area contributed by atoms with E-state index in [9.17, 15) is 18.0 Å². The van der Waals surface area contributed by atoms with Gasteiger partial charge >= 0.3 is 0 Å². The van der Waals surface area contributed by atoms with Gasteiger partial charge in [0.15, 0.2) is 17.5 Å². The minimum atomic E-state index is -1.49. The number of pyridine rings is 1. The molecule has 0 unspecified atom stereocenters. The fourth-order valence-corrected chi connectivity index (χ4v) is 5.22. The summed E-state index contributed by atoms with van der Waals surface area (Å²) in [6.45, 7) is 3.81. The molecule has 3 aromatic rings. The number of rotatable bonds is 4. The molecular weight excluding hydrogens is 445 g/mol. The van der Waals surface area contributed by atoms with Crippen LogP contribution in [-0.4, -0.2) is 37.7 Å². The molecule has 0 aliphatic carbocycles. The van der Waals surface area contributed by atoms with Gasteiger partial charge in [0.05, 0.1) is 35.3 Å². The molecule has 1 fully saturated rings. The van der Waals surface area contributed by atoms with E-state index in [0.29, 0.717) is 23.4 Å². The molecule has 9 heteroatoms. The number of aryl methyl sites for hydroxylation is 1. The molecule has 2 aromatic heterocycles. The molecular formula is C25H25F3N4O2. The molecule has 6 nitrogen and oxygen atoms in total. The number of fused-ring (bicyclic) bond motifs is 4. The Bertz CT molecular complexity index is 1250. The highest BCUT2D eigenvalue weighted by atomic mass is 19.2. The summed E-state index contributed by atoms with van der Waals surface area (Å²) in [7, 11) is 1.69. The second-order valence-electron chi connectivity index (χ2n) is 9.18. The Kier molecular flexibility index (Phi) is 5.58. The molecule has 2 bridgehead atoms. The zero-order valence-electron chi connectivity index (χ0n) is 19.2. The topological polar surface area (TPSA) is 60.2 Å². The molecule has 34 heavy (non-hydrogen) atoms. The van der Waals surface area contributed by atoms with E-state index in [1.807, 2.05) is 18.7 Å². The molecule has 2 aliphatic rings. The highest BCUT2D eigenvalue weighted by Gasteiger charge is 2.43. The van der Waals surface area contributed by atoms with E-state index < -0.39 is 17.5 Å². The smallest absolute Gasteiger partial charge is 0.256 e. The number of aromatic nitrogens is 3. The summed E-state index contributed by atoms with van der Waals surface area (Å²) in [4.78, 5) is 19.6. The SMILES string of the molecule is CC(C)Oc1cncc(C(=O)N2[C@H]3CCC[C@@H]2c2nn(C)c(-c4cc(F)c(F)c(F)c4)c2C3)c1. The van der Waals surface area contributed by atoms with Crippen molar-refractivity contribution in [1.82, 2.24) is 19.7 Å². The van der Waals surface area contributed by atoms with Crippen LogP contribution in [0.4, 0.5) is 13.2 Å². The van der Waals surface area contributed by atoms with Gasteiger partial charge in [0.25, 0.3) is 5.91 Å². The minimum absolute atomic E-state index is 0.0443. The lowest BCUT2D eigenvalue weighted by Crippen LogP contribution is -2.49. The van der Waals surface area contributed by atoms with E-state index in [1.54, 1.807) is 24.0 Å². The average molecular weight is 470 g/mol. The summed E-state index contributed by atoms with van der Waals surface area (Å²) in [5.74, 6) is -3.59. The lowest BCUT2D eigenvalue weighted by Gasteiger charge is -2.45. The first-order chi connectivity index (χ1) is 16.2. The first kappa shape index (κ1) is 22.4. The summed E-state index contributed by atoms with van der Waals surface area (Å²) in [5, 5.41) is 4.66. The Labute approximate surface area is 195 Å². The van der Waals surface area contributed by atoms with Gasteiger partial charge in [-0.25, -0.2) is 13.2 Å². The maximum Gasteiger partial charge on any atom is 0.256 e. The molecule has 0 saturated carbocycles. The summed E-state index contributed by atoms with van der Waals surface area (Å²) >= 11 is 0. The van der Waals surface area contributed by atoms with Crippen LogP contribution in [0.25, 0.3) is 11.3 Å². The Balaban J connectivity index is 1.54. The van der Waals surface area contributed by atoms with Crippen LogP contribution in [-0.2, 0) is 13.5 Å². The molecule has 2 atom stereocenters. The van der Waals surface area contributed by atoms with Gasteiger partial charge in [0.1, 0.15) is 5.75 Å². The van der Waals surface area contributed by atoms with Crippen molar-refractivity contribution < 1.29 is 22.7 Å². The zero-order chi connectivity index (χ0) is 24.1. The summed E-state index contributed by atoms with van der Waals surface area (Å²) in [6, 6.07) is 3.34. The maximum atomic E-state index is 14.0. The molecule has 2 aliphatic heterocycles. The Hall–Kier alpha value is -3.36. The van der Waals surface area contributed by atoms with Crippen LogP contribution < -0.4 is 4.74 Å². The lowest BCUT2D eigenvalue weighted by atomic mass is 9.81. The standard InChI is InChI=1S/C25H25F3N4O2/c1-13(2)34-17-7-15(11-29-12-17)25(33)32-16-5-4-6-21(32)23-18(10-16)24(31(3)30-23)14-8-19(26)22(28)20(27)9-14/h7-9,11-13,16,21H,4-6,10H2,1-3H3/t16-,21+/m0/s1. The second kappa shape index (κ2) is 8.45.